The summed E-state index contributed by atoms with van der Waals surface area (Å²) < 4.78 is 77.4. The first-order valence-corrected chi connectivity index (χ1v) is 27.5. The highest BCUT2D eigenvalue weighted by atomic mass is 31.3. The number of aliphatic hydroxyl groups excluding tert-OH is 4. The van der Waals surface area contributed by atoms with Crippen LogP contribution in [0.4, 0.5) is 10.2 Å². The van der Waals surface area contributed by atoms with Crippen LogP contribution in [0.1, 0.15) is 86.3 Å². The number of hydrogen-bond acceptors (Lipinski definition) is 22. The highest BCUT2D eigenvalue weighted by Gasteiger charge is 2.50. The number of halogens is 1. The minimum Gasteiger partial charge on any atom is -0.387 e. The van der Waals surface area contributed by atoms with Crippen LogP contribution in [0.3, 0.4) is 0 Å². The molecular formula is C43H66FN12O18P2+. The number of nitrogens with one attached hydrogen (secondary N) is 3. The van der Waals surface area contributed by atoms with Crippen LogP contribution < -0.4 is 26.3 Å². The molecule has 6 heterocycles. The quantitative estimate of drug-likeness (QED) is 0.0155. The van der Waals surface area contributed by atoms with Gasteiger partial charge >= 0.3 is 15.6 Å². The minimum absolute atomic E-state index is 0.0133. The van der Waals surface area contributed by atoms with Gasteiger partial charge in [-0.25, -0.2) is 28.5 Å². The van der Waals surface area contributed by atoms with Gasteiger partial charge < -0.3 is 70.8 Å². The van der Waals surface area contributed by atoms with E-state index in [0.717, 1.165) is 32.1 Å². The van der Waals surface area contributed by atoms with Crippen molar-refractivity contribution in [2.75, 3.05) is 64.7 Å². The van der Waals surface area contributed by atoms with E-state index in [1.165, 1.54) is 46.3 Å². The zero-order chi connectivity index (χ0) is 54.7. The Morgan fingerprint density at radius 2 is 1.47 bits per heavy atom. The van der Waals surface area contributed by atoms with Gasteiger partial charge in [-0.15, -0.1) is 5.10 Å². The highest BCUT2D eigenvalue weighted by molar-refractivity contribution is 7.61. The molecule has 0 spiro atoms. The predicted octanol–water partition coefficient (Wildman–Crippen LogP) is -0.648. The topological polar surface area (TPSA) is 412 Å². The Bertz CT molecular complexity index is 2590. The van der Waals surface area contributed by atoms with Crippen LogP contribution >= 0.6 is 15.6 Å². The molecule has 0 aromatic carbocycles. The fourth-order valence-electron chi connectivity index (χ4n) is 7.90. The summed E-state index contributed by atoms with van der Waals surface area (Å²) in [4.78, 5) is 69.5. The molecule has 422 valence electrons. The number of carbonyl (C=O) groups excluding carboxylic acids is 3. The van der Waals surface area contributed by atoms with Crippen molar-refractivity contribution >= 4 is 50.3 Å². The molecule has 30 nitrogen and oxygen atoms in total. The molecule has 2 unspecified atom stereocenters. The number of primary amides is 1. The summed E-state index contributed by atoms with van der Waals surface area (Å²) in [7, 11) is -10.9. The number of aromatic nitrogens is 8. The van der Waals surface area contributed by atoms with E-state index >= 15 is 0 Å². The van der Waals surface area contributed by atoms with Crippen molar-refractivity contribution in [3.05, 3.63) is 54.6 Å². The predicted molar refractivity (Wildman–Crippen MR) is 257 cm³/mol. The number of hydrogen-bond donors (Lipinski definition) is 10. The third-order valence-corrected chi connectivity index (χ3v) is 14.4. The lowest BCUT2D eigenvalue weighted by Gasteiger charge is -2.20. The molecule has 3 amide bonds. The summed E-state index contributed by atoms with van der Waals surface area (Å²) >= 11 is 0. The Labute approximate surface area is 434 Å². The Balaban J connectivity index is 0.816. The number of ether oxygens (including phenoxy) is 4. The van der Waals surface area contributed by atoms with E-state index in [4.69, 9.17) is 33.7 Å². The Morgan fingerprint density at radius 1 is 0.803 bits per heavy atom. The van der Waals surface area contributed by atoms with Gasteiger partial charge in [-0.05, 0) is 38.2 Å². The highest BCUT2D eigenvalue weighted by Crippen LogP contribution is 2.60. The van der Waals surface area contributed by atoms with Gasteiger partial charge in [0.25, 0.3) is 12.1 Å². The zero-order valence-corrected chi connectivity index (χ0v) is 43.1. The summed E-state index contributed by atoms with van der Waals surface area (Å²) in [5.41, 5.74) is 6.48. The van der Waals surface area contributed by atoms with Crippen LogP contribution in [0.25, 0.3) is 11.2 Å². The van der Waals surface area contributed by atoms with Crippen molar-refractivity contribution in [2.45, 2.75) is 120 Å². The van der Waals surface area contributed by atoms with Crippen LogP contribution in [0.15, 0.2) is 43.4 Å². The van der Waals surface area contributed by atoms with Crippen molar-refractivity contribution in [3.63, 3.8) is 0 Å². The van der Waals surface area contributed by atoms with Crippen molar-refractivity contribution < 1.29 is 95.0 Å². The fraction of sp³-hybridized carbons (Fsp3) is 0.651. The number of aryl methyl sites for hydroxylation is 1. The number of nitrogens with zero attached hydrogens (tertiary/aromatic N) is 8. The summed E-state index contributed by atoms with van der Waals surface area (Å²) in [6.07, 6.45) is 0.609. The van der Waals surface area contributed by atoms with E-state index in [9.17, 15) is 58.1 Å². The molecule has 2 saturated heterocycles. The molecule has 4 aromatic heterocycles. The van der Waals surface area contributed by atoms with Crippen molar-refractivity contribution in [1.29, 1.82) is 0 Å². The number of aliphatic hydroxyl groups is 4. The number of unbranched alkanes of at least 4 members (excludes halogenated alkanes) is 4. The summed E-state index contributed by atoms with van der Waals surface area (Å²) in [6, 6.07) is 2.83. The Kier molecular flexibility index (Phi) is 23.4. The molecule has 2 aliphatic heterocycles. The maximum Gasteiger partial charge on any atom is 0.481 e. The first-order valence-electron chi connectivity index (χ1n) is 24.5. The zero-order valence-electron chi connectivity index (χ0n) is 41.3. The number of pyridine rings is 1. The first kappa shape index (κ1) is 60.2. The number of carbonyl (C=O) groups is 3. The number of anilines is 1. The van der Waals surface area contributed by atoms with Crippen LogP contribution in [-0.2, 0) is 64.2 Å². The second-order valence-corrected chi connectivity index (χ2v) is 20.6. The molecule has 2 aliphatic rings. The van der Waals surface area contributed by atoms with Crippen molar-refractivity contribution in [2.24, 2.45) is 5.73 Å². The van der Waals surface area contributed by atoms with Crippen LogP contribution in [-0.4, -0.2) is 178 Å². The number of nitrogens with two attached hydrogens (primary N) is 1. The maximum atomic E-state index is 12.7. The van der Waals surface area contributed by atoms with E-state index in [1.807, 2.05) is 6.20 Å². The Hall–Kier alpha value is -5.08. The Morgan fingerprint density at radius 3 is 2.18 bits per heavy atom. The number of alkyl halides is 1. The molecule has 2 fully saturated rings. The van der Waals surface area contributed by atoms with Gasteiger partial charge in [-0.3, -0.25) is 32.7 Å². The van der Waals surface area contributed by atoms with E-state index in [0.29, 0.717) is 83.2 Å². The summed E-state index contributed by atoms with van der Waals surface area (Å²) in [6.45, 7) is 0.578. The number of fused-ring (bicyclic) bond motifs is 1. The second-order valence-electron chi connectivity index (χ2n) is 17.6. The molecule has 0 radical (unpaired) electrons. The summed E-state index contributed by atoms with van der Waals surface area (Å²) in [5.74, 6) is -0.577. The third-order valence-electron chi connectivity index (χ3n) is 11.8. The van der Waals surface area contributed by atoms with Crippen LogP contribution in [0.2, 0.25) is 0 Å². The number of amides is 3. The lowest BCUT2D eigenvalue weighted by molar-refractivity contribution is -0.765. The lowest BCUT2D eigenvalue weighted by Crippen LogP contribution is -2.46. The lowest BCUT2D eigenvalue weighted by atomic mass is 10.1. The monoisotopic (exact) mass is 1120 g/mol. The van der Waals surface area contributed by atoms with Gasteiger partial charge in [0.15, 0.2) is 41.7 Å². The number of rotatable bonds is 35. The molecule has 76 heavy (non-hydrogen) atoms. The largest absolute Gasteiger partial charge is 0.481 e. The van der Waals surface area contributed by atoms with Gasteiger partial charge in [-0.2, -0.15) is 8.88 Å². The SMILES string of the molecule is NC(=O)c1ccc[n+]([C@@H]2O[C@H](COP(=O)(O)OP(=O)(O)OC[C@H]3O[C@@H](n4cnc5c(NCCCNC(=O)CCCCCNC(=O)CCCCCn6cc(COCCOCCF)nn6)ncnc54)[C@H](O)[C@@H]3O)[C@@H](O)[C@H]2O)c1. The number of phosphoric acid groups is 2. The van der Waals surface area contributed by atoms with Crippen molar-refractivity contribution in [1.82, 2.24) is 45.1 Å². The average molecular weight is 1120 g/mol. The molecule has 0 saturated carbocycles. The summed E-state index contributed by atoms with van der Waals surface area (Å²) in [5, 5.41) is 59.7. The molecule has 0 aliphatic carbocycles. The van der Waals surface area contributed by atoms with Crippen LogP contribution in [0.5, 0.6) is 0 Å². The minimum atomic E-state index is -5.45. The second kappa shape index (κ2) is 29.6. The normalized spacial score (nSPS) is 23.1. The van der Waals surface area contributed by atoms with Gasteiger partial charge in [0.05, 0.1) is 52.2 Å². The van der Waals surface area contributed by atoms with Gasteiger partial charge in [-0.1, -0.05) is 18.1 Å². The van der Waals surface area contributed by atoms with E-state index in [-0.39, 0.29) is 35.1 Å². The maximum absolute atomic E-state index is 12.7. The number of phosphoric ester groups is 2. The first-order chi connectivity index (χ1) is 36.4. The van der Waals surface area contributed by atoms with Gasteiger partial charge in [0.1, 0.15) is 54.8 Å². The van der Waals surface area contributed by atoms with E-state index < -0.39 is 90.5 Å². The van der Waals surface area contributed by atoms with Crippen LogP contribution in [0, 0.1) is 0 Å². The van der Waals surface area contributed by atoms with Gasteiger partial charge in [0.2, 0.25) is 11.8 Å². The standard InChI is InChI=1S/C43H65FN12O18P2/c44-12-18-68-19-20-69-23-29-22-55(53-52-29)17-6-2-4-11-32(57)46-13-5-1-3-10-33(58)47-14-8-15-48-40-34-41(50-26-49-40)56(27-51-34)43-38(62)36(60)31(73-43)25-71-76(66,67)74-75(64,65)70-24-30-35(59)37(61)42(72-30)54-16-7-9-28(21-54)39(45)63/h7,9,16,21-22,26-27,30-31,35-38,42-43,59-62H,1-6,8,10-15,17-20,23-25H2,(H6-,45,46,47,48,49,50,57,58,63,64,65,66,67)/p+1/t30-,31-,35-,36-,37-,38-,42-,43-/m1/s1. The molecule has 11 N–H and O–H groups in total. The molecule has 10 atom stereocenters. The van der Waals surface area contributed by atoms with Gasteiger partial charge in [0, 0.05) is 45.1 Å². The van der Waals surface area contributed by atoms with E-state index in [1.54, 1.807) is 4.68 Å². The smallest absolute Gasteiger partial charge is 0.387 e. The molecular weight excluding hydrogens is 1050 g/mol. The average Bonchev–Trinajstić information content (AvgIpc) is 4.17. The fourth-order valence-corrected chi connectivity index (χ4v) is 9.99. The molecule has 0 bridgehead atoms. The molecule has 6 rings (SSSR count). The molecule has 33 heteroatoms. The molecule has 4 aromatic rings. The van der Waals surface area contributed by atoms with Crippen molar-refractivity contribution in [3.8, 4) is 0 Å². The third kappa shape index (κ3) is 18.3. The number of imidazole rings is 1. The van der Waals surface area contributed by atoms with E-state index in [2.05, 4.69) is 45.5 Å².